The van der Waals surface area contributed by atoms with Gasteiger partial charge in [-0.05, 0) is 34.7 Å². The third-order valence-electron chi connectivity index (χ3n) is 3.14. The van der Waals surface area contributed by atoms with Gasteiger partial charge in [0.25, 0.3) is 0 Å². The van der Waals surface area contributed by atoms with Gasteiger partial charge in [0.15, 0.2) is 0 Å². The van der Waals surface area contributed by atoms with Gasteiger partial charge in [0, 0.05) is 19.6 Å². The minimum absolute atomic E-state index is 0.719. The Kier molecular flexibility index (Phi) is 3.16. The number of hydrogen-bond donors (Lipinski definition) is 1. The molecule has 1 aliphatic rings. The number of hydrogen-bond acceptors (Lipinski definition) is 2. The highest BCUT2D eigenvalue weighted by Crippen LogP contribution is 2.30. The van der Waals surface area contributed by atoms with E-state index in [1.54, 1.807) is 0 Å². The first-order valence-corrected chi connectivity index (χ1v) is 6.36. The van der Waals surface area contributed by atoms with E-state index in [-0.39, 0.29) is 0 Å². The predicted molar refractivity (Wildman–Crippen MR) is 64.7 cm³/mol. The Hall–Kier alpha value is -0.350. The molecule has 2 unspecified atom stereocenters. The van der Waals surface area contributed by atoms with Crippen molar-refractivity contribution in [2.45, 2.75) is 39.3 Å². The van der Waals surface area contributed by atoms with Crippen molar-refractivity contribution >= 4 is 15.9 Å². The second kappa shape index (κ2) is 4.26. The molecule has 0 amide bonds. The maximum absolute atomic E-state index is 4.48. The Morgan fingerprint density at radius 3 is 2.73 bits per heavy atom. The zero-order valence-electron chi connectivity index (χ0n) is 9.55. The van der Waals surface area contributed by atoms with Crippen molar-refractivity contribution in [1.82, 2.24) is 15.1 Å². The topological polar surface area (TPSA) is 29.9 Å². The van der Waals surface area contributed by atoms with E-state index in [1.165, 1.54) is 16.6 Å². The second-order valence-electron chi connectivity index (χ2n) is 4.38. The third kappa shape index (κ3) is 2.26. The van der Waals surface area contributed by atoms with Crippen LogP contribution in [0.5, 0.6) is 0 Å². The molecule has 0 aliphatic heterocycles. The summed E-state index contributed by atoms with van der Waals surface area (Å²) in [6, 6.07) is 0.719. The van der Waals surface area contributed by atoms with E-state index < -0.39 is 0 Å². The number of rotatable bonds is 4. The molecule has 1 saturated carbocycles. The molecule has 2 atom stereocenters. The van der Waals surface area contributed by atoms with Crippen LogP contribution < -0.4 is 5.32 Å². The highest BCUT2D eigenvalue weighted by Gasteiger charge is 2.32. The molecule has 1 fully saturated rings. The average molecular weight is 272 g/mol. The van der Waals surface area contributed by atoms with Gasteiger partial charge in [0.1, 0.15) is 0 Å². The molecule has 1 heterocycles. The van der Waals surface area contributed by atoms with Gasteiger partial charge >= 0.3 is 0 Å². The van der Waals surface area contributed by atoms with Crippen LogP contribution in [0.4, 0.5) is 0 Å². The molecule has 0 radical (unpaired) electrons. The van der Waals surface area contributed by atoms with Crippen molar-refractivity contribution in [3.63, 3.8) is 0 Å². The van der Waals surface area contributed by atoms with Crippen LogP contribution in [0.3, 0.4) is 0 Å². The van der Waals surface area contributed by atoms with Crippen molar-refractivity contribution in [3.05, 3.63) is 15.9 Å². The fraction of sp³-hybridized carbons (Fsp3) is 0.727. The molecule has 3 nitrogen and oxygen atoms in total. The van der Waals surface area contributed by atoms with Crippen LogP contribution >= 0.6 is 15.9 Å². The minimum atomic E-state index is 0.719. The van der Waals surface area contributed by atoms with Crippen LogP contribution in [-0.4, -0.2) is 15.8 Å². The van der Waals surface area contributed by atoms with E-state index in [9.17, 15) is 0 Å². The molecule has 0 spiro atoms. The van der Waals surface area contributed by atoms with E-state index in [1.807, 2.05) is 11.7 Å². The molecule has 0 saturated heterocycles. The van der Waals surface area contributed by atoms with Crippen LogP contribution in [0.25, 0.3) is 0 Å². The SMILES string of the molecule is CCc1nn(C)c(CNC2CC2C)c1Br. The zero-order chi connectivity index (χ0) is 11.0. The number of halogens is 1. The van der Waals surface area contributed by atoms with Crippen LogP contribution in [0.2, 0.25) is 0 Å². The fourth-order valence-corrected chi connectivity index (χ4v) is 2.60. The lowest BCUT2D eigenvalue weighted by Crippen LogP contribution is -2.19. The van der Waals surface area contributed by atoms with Crippen molar-refractivity contribution in [2.75, 3.05) is 0 Å². The lowest BCUT2D eigenvalue weighted by atomic mass is 10.3. The van der Waals surface area contributed by atoms with Gasteiger partial charge in [-0.15, -0.1) is 0 Å². The molecule has 2 rings (SSSR count). The Balaban J connectivity index is 2.03. The van der Waals surface area contributed by atoms with Gasteiger partial charge in [-0.3, -0.25) is 4.68 Å². The van der Waals surface area contributed by atoms with Crippen LogP contribution in [0.1, 0.15) is 31.7 Å². The first-order chi connectivity index (χ1) is 7.13. The Bertz CT molecular complexity index is 359. The first kappa shape index (κ1) is 11.1. The average Bonchev–Trinajstić information content (AvgIpc) is 2.83. The number of aromatic nitrogens is 2. The Morgan fingerprint density at radius 1 is 1.60 bits per heavy atom. The van der Waals surface area contributed by atoms with Crippen molar-refractivity contribution < 1.29 is 0 Å². The normalized spacial score (nSPS) is 24.5. The Morgan fingerprint density at radius 2 is 2.27 bits per heavy atom. The van der Waals surface area contributed by atoms with Crippen molar-refractivity contribution in [1.29, 1.82) is 0 Å². The molecule has 84 valence electrons. The molecule has 0 aromatic carbocycles. The van der Waals surface area contributed by atoms with Gasteiger partial charge in [0.2, 0.25) is 0 Å². The molecule has 1 N–H and O–H groups in total. The molecule has 4 heteroatoms. The molecular weight excluding hydrogens is 254 g/mol. The number of nitrogens with zero attached hydrogens (tertiary/aromatic N) is 2. The van der Waals surface area contributed by atoms with Gasteiger partial charge in [-0.1, -0.05) is 13.8 Å². The summed E-state index contributed by atoms with van der Waals surface area (Å²) < 4.78 is 3.15. The largest absolute Gasteiger partial charge is 0.308 e. The fourth-order valence-electron chi connectivity index (χ4n) is 1.85. The smallest absolute Gasteiger partial charge is 0.0767 e. The van der Waals surface area contributed by atoms with Crippen LogP contribution in [-0.2, 0) is 20.0 Å². The van der Waals surface area contributed by atoms with E-state index in [0.717, 1.165) is 30.6 Å². The van der Waals surface area contributed by atoms with Crippen molar-refractivity contribution in [2.24, 2.45) is 13.0 Å². The summed E-state index contributed by atoms with van der Waals surface area (Å²) in [6.45, 7) is 5.33. The highest BCUT2D eigenvalue weighted by molar-refractivity contribution is 9.10. The van der Waals surface area contributed by atoms with Gasteiger partial charge in [-0.2, -0.15) is 5.10 Å². The predicted octanol–water partition coefficient (Wildman–Crippen LogP) is 2.24. The lowest BCUT2D eigenvalue weighted by Gasteiger charge is -2.04. The lowest BCUT2D eigenvalue weighted by molar-refractivity contribution is 0.602. The monoisotopic (exact) mass is 271 g/mol. The van der Waals surface area contributed by atoms with Crippen molar-refractivity contribution in [3.8, 4) is 0 Å². The summed E-state index contributed by atoms with van der Waals surface area (Å²) >= 11 is 3.62. The second-order valence-corrected chi connectivity index (χ2v) is 5.18. The van der Waals surface area contributed by atoms with Crippen LogP contribution in [0.15, 0.2) is 4.47 Å². The molecule has 15 heavy (non-hydrogen) atoms. The Labute approximate surface area is 99.4 Å². The highest BCUT2D eigenvalue weighted by atomic mass is 79.9. The summed E-state index contributed by atoms with van der Waals surface area (Å²) in [4.78, 5) is 0. The quantitative estimate of drug-likeness (QED) is 0.911. The molecule has 1 aromatic heterocycles. The van der Waals surface area contributed by atoms with Gasteiger partial charge in [0.05, 0.1) is 15.9 Å². The molecule has 1 aromatic rings. The minimum Gasteiger partial charge on any atom is -0.308 e. The maximum Gasteiger partial charge on any atom is 0.0767 e. The summed E-state index contributed by atoms with van der Waals surface area (Å²) in [6.07, 6.45) is 2.30. The van der Waals surface area contributed by atoms with Crippen LogP contribution in [0, 0.1) is 5.92 Å². The molecule has 0 bridgehead atoms. The molecule has 1 aliphatic carbocycles. The zero-order valence-corrected chi connectivity index (χ0v) is 11.1. The number of nitrogens with one attached hydrogen (secondary N) is 1. The summed E-state index contributed by atoms with van der Waals surface area (Å²) in [5.41, 5.74) is 2.41. The third-order valence-corrected chi connectivity index (χ3v) is 4.06. The van der Waals surface area contributed by atoms with E-state index >= 15 is 0 Å². The first-order valence-electron chi connectivity index (χ1n) is 5.57. The maximum atomic E-state index is 4.48. The van der Waals surface area contributed by atoms with E-state index in [2.05, 4.69) is 40.2 Å². The van der Waals surface area contributed by atoms with Gasteiger partial charge < -0.3 is 5.32 Å². The standard InChI is InChI=1S/C11H18BrN3/c1-4-8-11(12)10(15(3)14-8)6-13-9-5-7(9)2/h7,9,13H,4-6H2,1-3H3. The number of aryl methyl sites for hydroxylation is 2. The van der Waals surface area contributed by atoms with E-state index in [4.69, 9.17) is 0 Å². The summed E-state index contributed by atoms with van der Waals surface area (Å²) in [7, 11) is 2.01. The van der Waals surface area contributed by atoms with Gasteiger partial charge in [-0.25, -0.2) is 0 Å². The summed E-state index contributed by atoms with van der Waals surface area (Å²) in [5.74, 6) is 0.850. The molecular formula is C11H18BrN3. The van der Waals surface area contributed by atoms with E-state index in [0.29, 0.717) is 0 Å². The summed E-state index contributed by atoms with van der Waals surface area (Å²) in [5, 5.41) is 8.03.